The molecule has 31 heavy (non-hydrogen) atoms. The van der Waals surface area contributed by atoms with Crippen molar-refractivity contribution in [1.82, 2.24) is 14.9 Å². The number of anilines is 1. The summed E-state index contributed by atoms with van der Waals surface area (Å²) in [5.41, 5.74) is 10.9. The van der Waals surface area contributed by atoms with Crippen LogP contribution in [0.3, 0.4) is 0 Å². The number of nitrogens with two attached hydrogens (primary N) is 1. The zero-order chi connectivity index (χ0) is 21.7. The van der Waals surface area contributed by atoms with Crippen LogP contribution < -0.4 is 16.0 Å². The number of benzene rings is 2. The van der Waals surface area contributed by atoms with Gasteiger partial charge in [0.1, 0.15) is 0 Å². The number of nitrogens with one attached hydrogen (secondary N) is 2. The van der Waals surface area contributed by atoms with Crippen molar-refractivity contribution < 1.29 is 9.59 Å². The van der Waals surface area contributed by atoms with Crippen LogP contribution in [0.1, 0.15) is 11.1 Å². The Labute approximate surface area is 179 Å². The number of aromatic amines is 1. The van der Waals surface area contributed by atoms with Crippen molar-refractivity contribution in [3.8, 4) is 0 Å². The molecule has 0 saturated carbocycles. The topological polar surface area (TPSA) is 96.1 Å². The lowest BCUT2D eigenvalue weighted by molar-refractivity contribution is -0.122. The molecule has 2 aromatic carbocycles. The number of imide groups is 1. The number of carbonyl (C=O) groups is 2. The molecule has 0 aliphatic carbocycles. The Hall–Kier alpha value is -3.84. The van der Waals surface area contributed by atoms with Crippen LogP contribution in [0.5, 0.6) is 0 Å². The highest BCUT2D eigenvalue weighted by Crippen LogP contribution is 2.40. The average Bonchev–Trinajstić information content (AvgIpc) is 3.41. The molecule has 4 N–H and O–H groups in total. The van der Waals surface area contributed by atoms with Gasteiger partial charge in [0.15, 0.2) is 0 Å². The van der Waals surface area contributed by atoms with E-state index in [1.807, 2.05) is 72.2 Å². The molecule has 0 spiro atoms. The van der Waals surface area contributed by atoms with Crippen LogP contribution in [0, 0.1) is 0 Å². The predicted octanol–water partition coefficient (Wildman–Crippen LogP) is 2.71. The molecule has 0 bridgehead atoms. The molecule has 2 amide bonds. The van der Waals surface area contributed by atoms with Crippen LogP contribution >= 0.6 is 0 Å². The standard InChI is InChI=1S/C24H23N5O2/c1-28(2)18-8-5-9-19-20(18)16(13-29(19)11-10-25)22-21(23(30)27-24(22)31)15-12-26-17-7-4-3-6-14(15)17/h3-9,12-13,26H,10-11,25H2,1-2H3,(H,27,30,31). The number of nitrogens with zero attached hydrogens (tertiary/aromatic N) is 2. The zero-order valence-corrected chi connectivity index (χ0v) is 17.4. The molecule has 4 aromatic rings. The number of fused-ring (bicyclic) bond motifs is 2. The fraction of sp³-hybridized carbons (Fsp3) is 0.167. The summed E-state index contributed by atoms with van der Waals surface area (Å²) in [6, 6.07) is 13.8. The maximum absolute atomic E-state index is 13.1. The van der Waals surface area contributed by atoms with E-state index < -0.39 is 0 Å². The third kappa shape index (κ3) is 2.85. The van der Waals surface area contributed by atoms with Gasteiger partial charge in [-0.1, -0.05) is 24.3 Å². The average molecular weight is 413 g/mol. The highest BCUT2D eigenvalue weighted by atomic mass is 16.2. The van der Waals surface area contributed by atoms with Gasteiger partial charge in [-0.25, -0.2) is 0 Å². The van der Waals surface area contributed by atoms with Crippen molar-refractivity contribution in [2.24, 2.45) is 5.73 Å². The molecule has 0 atom stereocenters. The molecule has 7 heteroatoms. The van der Waals surface area contributed by atoms with Crippen LogP contribution in [0.2, 0.25) is 0 Å². The molecule has 3 heterocycles. The number of rotatable bonds is 5. The van der Waals surface area contributed by atoms with Crippen LogP contribution in [0.25, 0.3) is 33.0 Å². The molecule has 0 fully saturated rings. The molecule has 5 rings (SSSR count). The lowest BCUT2D eigenvalue weighted by Gasteiger charge is -2.15. The van der Waals surface area contributed by atoms with Crippen LogP contribution in [0.4, 0.5) is 5.69 Å². The van der Waals surface area contributed by atoms with Gasteiger partial charge in [0.05, 0.1) is 16.7 Å². The van der Waals surface area contributed by atoms with Crippen LogP contribution in [0.15, 0.2) is 54.9 Å². The number of hydrogen-bond acceptors (Lipinski definition) is 4. The second kappa shape index (κ2) is 7.14. The maximum Gasteiger partial charge on any atom is 0.259 e. The Bertz CT molecular complexity index is 1390. The van der Waals surface area contributed by atoms with E-state index in [4.69, 9.17) is 5.73 Å². The lowest BCUT2D eigenvalue weighted by atomic mass is 9.95. The molecule has 0 unspecified atom stereocenters. The van der Waals surface area contributed by atoms with Crippen molar-refractivity contribution >= 4 is 50.5 Å². The van der Waals surface area contributed by atoms with Crippen molar-refractivity contribution in [2.75, 3.05) is 25.5 Å². The van der Waals surface area contributed by atoms with E-state index in [0.29, 0.717) is 24.2 Å². The second-order valence-corrected chi connectivity index (χ2v) is 7.87. The van der Waals surface area contributed by atoms with Crippen molar-refractivity contribution in [3.05, 3.63) is 66.0 Å². The van der Waals surface area contributed by atoms with Gasteiger partial charge in [0.25, 0.3) is 11.8 Å². The molecule has 1 aliphatic rings. The van der Waals surface area contributed by atoms with Gasteiger partial charge in [-0.15, -0.1) is 0 Å². The largest absolute Gasteiger partial charge is 0.377 e. The quantitative estimate of drug-likeness (QED) is 0.438. The number of H-pyrrole nitrogens is 1. The first-order valence-corrected chi connectivity index (χ1v) is 10.2. The molecule has 0 radical (unpaired) electrons. The van der Waals surface area contributed by atoms with E-state index in [9.17, 15) is 9.59 Å². The molecular formula is C24H23N5O2. The summed E-state index contributed by atoms with van der Waals surface area (Å²) in [6.45, 7) is 1.08. The molecule has 1 aliphatic heterocycles. The Kier molecular flexibility index (Phi) is 4.41. The van der Waals surface area contributed by atoms with E-state index in [0.717, 1.165) is 38.6 Å². The fourth-order valence-corrected chi connectivity index (χ4v) is 4.47. The first-order valence-electron chi connectivity index (χ1n) is 10.2. The van der Waals surface area contributed by atoms with Gasteiger partial charge in [-0.2, -0.15) is 0 Å². The van der Waals surface area contributed by atoms with E-state index >= 15 is 0 Å². The SMILES string of the molecule is CN(C)c1cccc2c1c(C1=C(c3c[nH]c4ccccc34)C(=O)NC1=O)cn2CCN. The molecule has 2 aromatic heterocycles. The Balaban J connectivity index is 1.87. The highest BCUT2D eigenvalue weighted by molar-refractivity contribution is 6.51. The summed E-state index contributed by atoms with van der Waals surface area (Å²) in [4.78, 5) is 31.3. The number of carbonyl (C=O) groups excluding carboxylic acids is 2. The smallest absolute Gasteiger partial charge is 0.259 e. The maximum atomic E-state index is 13.1. The summed E-state index contributed by atoms with van der Waals surface area (Å²) in [7, 11) is 3.93. The number of aromatic nitrogens is 2. The molecular weight excluding hydrogens is 390 g/mol. The summed E-state index contributed by atoms with van der Waals surface area (Å²) in [5.74, 6) is -0.766. The van der Waals surface area contributed by atoms with Gasteiger partial charge in [-0.05, 0) is 18.2 Å². The van der Waals surface area contributed by atoms with Gasteiger partial charge >= 0.3 is 0 Å². The molecule has 7 nitrogen and oxygen atoms in total. The van der Waals surface area contributed by atoms with Gasteiger partial charge in [0.2, 0.25) is 0 Å². The predicted molar refractivity (Wildman–Crippen MR) is 124 cm³/mol. The monoisotopic (exact) mass is 413 g/mol. The summed E-state index contributed by atoms with van der Waals surface area (Å²) < 4.78 is 2.05. The van der Waals surface area contributed by atoms with Gasteiger partial charge < -0.3 is 20.2 Å². The minimum absolute atomic E-state index is 0.383. The summed E-state index contributed by atoms with van der Waals surface area (Å²) >= 11 is 0. The normalized spacial score (nSPS) is 14.2. The Morgan fingerprint density at radius 3 is 2.45 bits per heavy atom. The lowest BCUT2D eigenvalue weighted by Crippen LogP contribution is -2.22. The van der Waals surface area contributed by atoms with Crippen LogP contribution in [-0.2, 0) is 16.1 Å². The van der Waals surface area contributed by atoms with Crippen molar-refractivity contribution in [3.63, 3.8) is 0 Å². The summed E-state index contributed by atoms with van der Waals surface area (Å²) in [6.07, 6.45) is 3.73. The van der Waals surface area contributed by atoms with Crippen LogP contribution in [-0.4, -0.2) is 42.0 Å². The van der Waals surface area contributed by atoms with E-state index in [2.05, 4.69) is 10.3 Å². The highest BCUT2D eigenvalue weighted by Gasteiger charge is 2.35. The van der Waals surface area contributed by atoms with Gasteiger partial charge in [-0.3, -0.25) is 14.9 Å². The number of para-hydroxylation sites is 1. The molecule has 156 valence electrons. The fourth-order valence-electron chi connectivity index (χ4n) is 4.47. The first-order chi connectivity index (χ1) is 15.0. The van der Waals surface area contributed by atoms with E-state index in [-0.39, 0.29) is 11.8 Å². The third-order valence-electron chi connectivity index (χ3n) is 5.80. The second-order valence-electron chi connectivity index (χ2n) is 7.87. The minimum atomic E-state index is -0.384. The number of amides is 2. The molecule has 0 saturated heterocycles. The van der Waals surface area contributed by atoms with E-state index in [1.54, 1.807) is 6.20 Å². The minimum Gasteiger partial charge on any atom is -0.377 e. The third-order valence-corrected chi connectivity index (χ3v) is 5.80. The summed E-state index contributed by atoms with van der Waals surface area (Å²) in [5, 5.41) is 4.34. The first kappa shape index (κ1) is 19.1. The van der Waals surface area contributed by atoms with Crippen molar-refractivity contribution in [2.45, 2.75) is 6.54 Å². The Morgan fingerprint density at radius 1 is 0.968 bits per heavy atom. The number of hydrogen-bond donors (Lipinski definition) is 3. The Morgan fingerprint density at radius 2 is 1.71 bits per heavy atom. The van der Waals surface area contributed by atoms with Gasteiger partial charge in [0, 0.05) is 72.7 Å². The zero-order valence-electron chi connectivity index (χ0n) is 17.4. The van der Waals surface area contributed by atoms with Crippen molar-refractivity contribution in [1.29, 1.82) is 0 Å². The van der Waals surface area contributed by atoms with E-state index in [1.165, 1.54) is 0 Å².